The molecule has 1 N–H and O–H groups in total. The molecule has 12 heavy (non-hydrogen) atoms. The number of hydrogen-bond donors (Lipinski definition) is 1. The molecule has 3 saturated heterocycles. The van der Waals surface area contributed by atoms with Gasteiger partial charge < -0.3 is 5.32 Å². The van der Waals surface area contributed by atoms with Crippen LogP contribution in [0, 0.1) is 5.92 Å². The lowest BCUT2D eigenvalue weighted by molar-refractivity contribution is -0.0377. The molecule has 0 aliphatic carbocycles. The second-order valence-corrected chi connectivity index (χ2v) is 4.74. The normalized spacial score (nSPS) is 44.8. The summed E-state index contributed by atoms with van der Waals surface area (Å²) in [5, 5.41) is 3.48. The monoisotopic (exact) mass is 168 g/mol. The van der Waals surface area contributed by atoms with Crippen LogP contribution in [0.1, 0.15) is 26.7 Å². The summed E-state index contributed by atoms with van der Waals surface area (Å²) in [6.45, 7) is 7.38. The zero-order chi connectivity index (χ0) is 8.77. The van der Waals surface area contributed by atoms with E-state index in [1.807, 2.05) is 0 Å². The Labute approximate surface area is 75.3 Å². The third-order valence-electron chi connectivity index (χ3n) is 3.90. The highest BCUT2D eigenvalue weighted by Crippen LogP contribution is 2.38. The third-order valence-corrected chi connectivity index (χ3v) is 3.90. The van der Waals surface area contributed by atoms with Crippen molar-refractivity contribution in [3.63, 3.8) is 0 Å². The van der Waals surface area contributed by atoms with Crippen LogP contribution in [0.15, 0.2) is 0 Å². The fourth-order valence-corrected chi connectivity index (χ4v) is 3.17. The predicted molar refractivity (Wildman–Crippen MR) is 51.2 cm³/mol. The first-order valence-electron chi connectivity index (χ1n) is 5.08. The average Bonchev–Trinajstić information content (AvgIpc) is 2.05. The van der Waals surface area contributed by atoms with Crippen molar-refractivity contribution in [1.82, 2.24) is 10.2 Å². The molecule has 0 spiro atoms. The molecule has 1 unspecified atom stereocenters. The minimum Gasteiger partial charge on any atom is -0.315 e. The molecule has 3 aliphatic heterocycles. The van der Waals surface area contributed by atoms with Gasteiger partial charge in [0.15, 0.2) is 0 Å². The van der Waals surface area contributed by atoms with Gasteiger partial charge in [-0.3, -0.25) is 4.90 Å². The maximum absolute atomic E-state index is 3.48. The average molecular weight is 168 g/mol. The van der Waals surface area contributed by atoms with Crippen molar-refractivity contribution in [2.45, 2.75) is 38.3 Å². The molecule has 3 aliphatic rings. The first-order chi connectivity index (χ1) is 5.66. The van der Waals surface area contributed by atoms with Gasteiger partial charge in [-0.2, -0.15) is 0 Å². The summed E-state index contributed by atoms with van der Waals surface area (Å²) in [4.78, 5) is 2.63. The Morgan fingerprint density at radius 1 is 1.25 bits per heavy atom. The van der Waals surface area contributed by atoms with Crippen molar-refractivity contribution in [3.05, 3.63) is 0 Å². The first-order valence-corrected chi connectivity index (χ1v) is 5.08. The molecule has 2 bridgehead atoms. The molecule has 0 aromatic rings. The zero-order valence-corrected chi connectivity index (χ0v) is 8.43. The van der Waals surface area contributed by atoms with E-state index in [9.17, 15) is 0 Å². The summed E-state index contributed by atoms with van der Waals surface area (Å²) in [6.07, 6.45) is 2.80. The van der Waals surface area contributed by atoms with E-state index in [0.717, 1.165) is 5.92 Å². The Balaban J connectivity index is 2.21. The van der Waals surface area contributed by atoms with E-state index in [1.54, 1.807) is 0 Å². The van der Waals surface area contributed by atoms with Gasteiger partial charge >= 0.3 is 0 Å². The fraction of sp³-hybridized carbons (Fsp3) is 1.00. The molecule has 0 aromatic heterocycles. The summed E-state index contributed by atoms with van der Waals surface area (Å²) in [6, 6.07) is 0.708. The van der Waals surface area contributed by atoms with Gasteiger partial charge in [-0.1, -0.05) is 0 Å². The number of likely N-dealkylation sites (N-methyl/N-ethyl adjacent to an activating group) is 1. The van der Waals surface area contributed by atoms with Crippen molar-refractivity contribution < 1.29 is 0 Å². The predicted octanol–water partition coefficient (Wildman–Crippen LogP) is 1.08. The molecule has 0 saturated carbocycles. The minimum atomic E-state index is 0.385. The molecule has 2 nitrogen and oxygen atoms in total. The number of rotatable bonds is 1. The largest absolute Gasteiger partial charge is 0.315 e. The highest BCUT2D eigenvalue weighted by atomic mass is 15.3. The van der Waals surface area contributed by atoms with Crippen LogP contribution in [-0.4, -0.2) is 36.6 Å². The van der Waals surface area contributed by atoms with Gasteiger partial charge in [0, 0.05) is 11.6 Å². The van der Waals surface area contributed by atoms with Crippen molar-refractivity contribution in [2.75, 3.05) is 20.1 Å². The van der Waals surface area contributed by atoms with Gasteiger partial charge in [0.05, 0.1) is 0 Å². The molecule has 2 heteroatoms. The van der Waals surface area contributed by atoms with E-state index >= 15 is 0 Å². The van der Waals surface area contributed by atoms with Gasteiger partial charge in [-0.15, -0.1) is 0 Å². The second kappa shape index (κ2) is 2.71. The molecule has 0 amide bonds. The molecule has 0 aromatic carbocycles. The van der Waals surface area contributed by atoms with E-state index in [1.165, 1.54) is 25.9 Å². The van der Waals surface area contributed by atoms with Crippen molar-refractivity contribution in [3.8, 4) is 0 Å². The molecule has 1 atom stereocenters. The van der Waals surface area contributed by atoms with E-state index in [4.69, 9.17) is 0 Å². The van der Waals surface area contributed by atoms with Gasteiger partial charge in [-0.25, -0.2) is 0 Å². The van der Waals surface area contributed by atoms with Gasteiger partial charge in [0.1, 0.15) is 0 Å². The number of hydrogen-bond acceptors (Lipinski definition) is 2. The number of nitrogens with one attached hydrogen (secondary N) is 1. The maximum Gasteiger partial charge on any atom is 0.0308 e. The van der Waals surface area contributed by atoms with Crippen LogP contribution in [0.3, 0.4) is 0 Å². The smallest absolute Gasteiger partial charge is 0.0308 e. The Hall–Kier alpha value is -0.0800. The SMILES string of the molecule is CNC1C2CCN(CC2)C1(C)C. The van der Waals surface area contributed by atoms with E-state index in [2.05, 4.69) is 31.1 Å². The van der Waals surface area contributed by atoms with Crippen LogP contribution in [-0.2, 0) is 0 Å². The zero-order valence-electron chi connectivity index (χ0n) is 8.43. The van der Waals surface area contributed by atoms with Crippen LogP contribution < -0.4 is 5.32 Å². The summed E-state index contributed by atoms with van der Waals surface area (Å²) < 4.78 is 0. The van der Waals surface area contributed by atoms with Gasteiger partial charge in [-0.05, 0) is 52.7 Å². The Morgan fingerprint density at radius 3 is 2.17 bits per heavy atom. The number of nitrogens with zero attached hydrogens (tertiary/aromatic N) is 1. The molecule has 3 rings (SSSR count). The highest BCUT2D eigenvalue weighted by Gasteiger charge is 2.46. The molecule has 70 valence electrons. The first kappa shape index (κ1) is 8.52. The Kier molecular flexibility index (Phi) is 1.92. The van der Waals surface area contributed by atoms with E-state index in [0.29, 0.717) is 11.6 Å². The lowest BCUT2D eigenvalue weighted by Gasteiger charge is -2.56. The Bertz CT molecular complexity index is 169. The van der Waals surface area contributed by atoms with Gasteiger partial charge in [0.25, 0.3) is 0 Å². The topological polar surface area (TPSA) is 15.3 Å². The van der Waals surface area contributed by atoms with Crippen LogP contribution >= 0.6 is 0 Å². The fourth-order valence-electron chi connectivity index (χ4n) is 3.17. The summed E-state index contributed by atoms with van der Waals surface area (Å²) in [7, 11) is 2.11. The summed E-state index contributed by atoms with van der Waals surface area (Å²) in [5.41, 5.74) is 0.385. The van der Waals surface area contributed by atoms with Crippen LogP contribution in [0.25, 0.3) is 0 Å². The van der Waals surface area contributed by atoms with Gasteiger partial charge in [0.2, 0.25) is 0 Å². The second-order valence-electron chi connectivity index (χ2n) is 4.74. The van der Waals surface area contributed by atoms with Crippen molar-refractivity contribution in [2.24, 2.45) is 5.92 Å². The number of piperidine rings is 3. The third kappa shape index (κ3) is 1.01. The van der Waals surface area contributed by atoms with Crippen molar-refractivity contribution >= 4 is 0 Å². The van der Waals surface area contributed by atoms with Crippen LogP contribution in [0.5, 0.6) is 0 Å². The highest BCUT2D eigenvalue weighted by molar-refractivity contribution is 5.04. The minimum absolute atomic E-state index is 0.385. The Morgan fingerprint density at radius 2 is 1.83 bits per heavy atom. The molecular weight excluding hydrogens is 148 g/mol. The molecule has 3 fully saturated rings. The molecular formula is C10H20N2. The molecule has 3 heterocycles. The van der Waals surface area contributed by atoms with E-state index < -0.39 is 0 Å². The maximum atomic E-state index is 3.48. The van der Waals surface area contributed by atoms with Crippen molar-refractivity contribution in [1.29, 1.82) is 0 Å². The standard InChI is InChI=1S/C10H20N2/c1-10(2)9(11-3)8-4-6-12(10)7-5-8/h8-9,11H,4-7H2,1-3H3. The van der Waals surface area contributed by atoms with Crippen LogP contribution in [0.4, 0.5) is 0 Å². The molecule has 0 radical (unpaired) electrons. The lowest BCUT2D eigenvalue weighted by Crippen LogP contribution is -2.67. The quantitative estimate of drug-likeness (QED) is 0.630. The van der Waals surface area contributed by atoms with Crippen LogP contribution in [0.2, 0.25) is 0 Å². The number of fused-ring (bicyclic) bond motifs is 3. The van der Waals surface area contributed by atoms with E-state index in [-0.39, 0.29) is 0 Å². The lowest BCUT2D eigenvalue weighted by atomic mass is 9.72. The summed E-state index contributed by atoms with van der Waals surface area (Å²) in [5.74, 6) is 0.926. The summed E-state index contributed by atoms with van der Waals surface area (Å²) >= 11 is 0.